The topological polar surface area (TPSA) is 59.8 Å². The maximum atomic E-state index is 12.7. The summed E-state index contributed by atoms with van der Waals surface area (Å²) in [5, 5.41) is 4.37. The predicted octanol–water partition coefficient (Wildman–Crippen LogP) is 2.99. The lowest BCUT2D eigenvalue weighted by atomic mass is 10.2. The molecule has 1 aromatic carbocycles. The average molecular weight is 413 g/mol. The second kappa shape index (κ2) is 10.1. The Morgan fingerprint density at radius 2 is 2.03 bits per heavy atom. The molecule has 1 aromatic heterocycles. The van der Waals surface area contributed by atoms with Crippen LogP contribution in [0.25, 0.3) is 5.69 Å². The number of hydrogen-bond acceptors (Lipinski definition) is 5. The number of carbonyl (C=O) groups excluding carboxylic acids is 1. The summed E-state index contributed by atoms with van der Waals surface area (Å²) in [4.78, 5) is 17.1. The minimum absolute atomic E-state index is 0.0130. The third-order valence-corrected chi connectivity index (χ3v) is 5.99. The summed E-state index contributed by atoms with van der Waals surface area (Å²) in [6, 6.07) is 8.58. The highest BCUT2D eigenvalue weighted by atomic mass is 16.5. The number of hydrogen-bond donors (Lipinski definition) is 0. The van der Waals surface area contributed by atoms with E-state index >= 15 is 0 Å². The van der Waals surface area contributed by atoms with Gasteiger partial charge in [-0.2, -0.15) is 5.10 Å². The Bertz CT molecular complexity index is 812. The molecule has 2 aliphatic heterocycles. The minimum atomic E-state index is 0.0130. The Morgan fingerprint density at radius 1 is 1.17 bits per heavy atom. The molecule has 0 aliphatic carbocycles. The number of ether oxygens (including phenoxy) is 2. The number of rotatable bonds is 7. The van der Waals surface area contributed by atoms with Gasteiger partial charge in [-0.15, -0.1) is 0 Å². The molecule has 2 saturated heterocycles. The van der Waals surface area contributed by atoms with Gasteiger partial charge in [-0.05, 0) is 63.4 Å². The molecule has 3 heterocycles. The first-order valence-electron chi connectivity index (χ1n) is 11.1. The minimum Gasteiger partial charge on any atom is -0.494 e. The van der Waals surface area contributed by atoms with Gasteiger partial charge in [0.2, 0.25) is 0 Å². The lowest BCUT2D eigenvalue weighted by Crippen LogP contribution is -2.32. The van der Waals surface area contributed by atoms with Crippen molar-refractivity contribution in [3.05, 3.63) is 42.2 Å². The molecular formula is C23H32N4O3. The Morgan fingerprint density at radius 3 is 2.83 bits per heavy atom. The monoisotopic (exact) mass is 412 g/mol. The summed E-state index contributed by atoms with van der Waals surface area (Å²) in [7, 11) is 0. The van der Waals surface area contributed by atoms with Gasteiger partial charge in [-0.3, -0.25) is 4.79 Å². The van der Waals surface area contributed by atoms with Crippen LogP contribution in [-0.4, -0.2) is 77.5 Å². The fourth-order valence-corrected chi connectivity index (χ4v) is 4.18. The molecule has 162 valence electrons. The van der Waals surface area contributed by atoms with Crippen molar-refractivity contribution in [2.75, 3.05) is 46.0 Å². The van der Waals surface area contributed by atoms with E-state index in [2.05, 4.69) is 16.9 Å². The predicted molar refractivity (Wildman–Crippen MR) is 115 cm³/mol. The van der Waals surface area contributed by atoms with Crippen molar-refractivity contribution < 1.29 is 14.3 Å². The molecule has 0 bridgehead atoms. The van der Waals surface area contributed by atoms with Crippen LogP contribution < -0.4 is 4.74 Å². The van der Waals surface area contributed by atoms with Gasteiger partial charge in [0.05, 0.1) is 30.7 Å². The van der Waals surface area contributed by atoms with Crippen molar-refractivity contribution in [3.8, 4) is 11.4 Å². The van der Waals surface area contributed by atoms with Crippen molar-refractivity contribution in [1.29, 1.82) is 0 Å². The van der Waals surface area contributed by atoms with E-state index in [1.807, 2.05) is 29.2 Å². The second-order valence-electron chi connectivity index (χ2n) is 8.15. The van der Waals surface area contributed by atoms with Crippen LogP contribution in [-0.2, 0) is 4.74 Å². The van der Waals surface area contributed by atoms with Crippen LogP contribution in [0, 0.1) is 0 Å². The highest BCUT2D eigenvalue weighted by Crippen LogP contribution is 2.18. The zero-order chi connectivity index (χ0) is 20.8. The Hall–Kier alpha value is -2.38. The van der Waals surface area contributed by atoms with Gasteiger partial charge in [0.1, 0.15) is 5.75 Å². The van der Waals surface area contributed by atoms with Crippen LogP contribution in [0.1, 0.15) is 43.0 Å². The van der Waals surface area contributed by atoms with Gasteiger partial charge in [-0.1, -0.05) is 0 Å². The number of carbonyl (C=O) groups is 1. The molecule has 0 spiro atoms. The first-order valence-corrected chi connectivity index (χ1v) is 11.1. The molecule has 4 rings (SSSR count). The van der Waals surface area contributed by atoms with E-state index in [1.54, 1.807) is 17.1 Å². The van der Waals surface area contributed by atoms with E-state index in [9.17, 15) is 4.79 Å². The molecule has 7 heteroatoms. The largest absolute Gasteiger partial charge is 0.494 e. The van der Waals surface area contributed by atoms with Gasteiger partial charge in [-0.25, -0.2) is 4.68 Å². The van der Waals surface area contributed by atoms with Crippen LogP contribution in [0.2, 0.25) is 0 Å². The Balaban J connectivity index is 1.28. The van der Waals surface area contributed by atoms with Crippen molar-refractivity contribution in [2.45, 2.75) is 38.6 Å². The third-order valence-electron chi connectivity index (χ3n) is 5.99. The zero-order valence-electron chi connectivity index (χ0n) is 17.8. The van der Waals surface area contributed by atoms with E-state index in [0.717, 1.165) is 50.6 Å². The summed E-state index contributed by atoms with van der Waals surface area (Å²) >= 11 is 0. The zero-order valence-corrected chi connectivity index (χ0v) is 17.8. The van der Waals surface area contributed by atoms with E-state index in [-0.39, 0.29) is 5.91 Å². The van der Waals surface area contributed by atoms with Crippen LogP contribution in [0.15, 0.2) is 36.7 Å². The number of benzene rings is 1. The molecule has 2 aromatic rings. The fourth-order valence-electron chi connectivity index (χ4n) is 4.18. The number of amides is 1. The Kier molecular flexibility index (Phi) is 7.02. The van der Waals surface area contributed by atoms with Crippen LogP contribution in [0.4, 0.5) is 0 Å². The molecule has 1 atom stereocenters. The summed E-state index contributed by atoms with van der Waals surface area (Å²) in [6.07, 6.45) is 7.97. The molecule has 0 radical (unpaired) electrons. The fraction of sp³-hybridized carbons (Fsp3) is 0.565. The van der Waals surface area contributed by atoms with Gasteiger partial charge < -0.3 is 19.3 Å². The summed E-state index contributed by atoms with van der Waals surface area (Å²) in [5.41, 5.74) is 1.51. The molecule has 7 nitrogen and oxygen atoms in total. The van der Waals surface area contributed by atoms with E-state index in [4.69, 9.17) is 9.47 Å². The van der Waals surface area contributed by atoms with Crippen LogP contribution >= 0.6 is 0 Å². The van der Waals surface area contributed by atoms with E-state index in [1.165, 1.54) is 19.4 Å². The first kappa shape index (κ1) is 20.9. The normalized spacial score (nSPS) is 20.3. The molecule has 30 heavy (non-hydrogen) atoms. The standard InChI is InChI=1S/C23H32N4O3/c1-19-5-2-10-25(19)11-4-15-30-22-8-6-21(7-9-22)27-18-20(17-24-27)23(28)26-12-3-14-29-16-13-26/h6-9,17-19H,2-5,10-16H2,1H3/t19-/m1/s1. The maximum Gasteiger partial charge on any atom is 0.257 e. The second-order valence-corrected chi connectivity index (χ2v) is 8.15. The van der Waals surface area contributed by atoms with Crippen molar-refractivity contribution >= 4 is 5.91 Å². The summed E-state index contributed by atoms with van der Waals surface area (Å²) in [6.45, 7) is 8.03. The van der Waals surface area contributed by atoms with Gasteiger partial charge in [0.25, 0.3) is 5.91 Å². The highest BCUT2D eigenvalue weighted by Gasteiger charge is 2.20. The third kappa shape index (κ3) is 5.21. The van der Waals surface area contributed by atoms with Crippen molar-refractivity contribution in [1.82, 2.24) is 19.6 Å². The molecule has 2 aliphatic rings. The smallest absolute Gasteiger partial charge is 0.257 e. The van der Waals surface area contributed by atoms with Crippen LogP contribution in [0.5, 0.6) is 5.75 Å². The van der Waals surface area contributed by atoms with E-state index in [0.29, 0.717) is 24.8 Å². The molecule has 1 amide bonds. The SMILES string of the molecule is C[C@@H]1CCCN1CCCOc1ccc(-n2cc(C(=O)N3CCCOCC3)cn2)cc1. The van der Waals surface area contributed by atoms with Gasteiger partial charge >= 0.3 is 0 Å². The molecule has 2 fully saturated rings. The molecule has 0 N–H and O–H groups in total. The quantitative estimate of drug-likeness (QED) is 0.655. The number of nitrogens with zero attached hydrogens (tertiary/aromatic N) is 4. The number of likely N-dealkylation sites (tertiary alicyclic amines) is 1. The number of aromatic nitrogens is 2. The first-order chi connectivity index (χ1) is 14.7. The van der Waals surface area contributed by atoms with Gasteiger partial charge in [0.15, 0.2) is 0 Å². The molecular weight excluding hydrogens is 380 g/mol. The highest BCUT2D eigenvalue weighted by molar-refractivity contribution is 5.93. The molecule has 0 saturated carbocycles. The van der Waals surface area contributed by atoms with Crippen molar-refractivity contribution in [3.63, 3.8) is 0 Å². The van der Waals surface area contributed by atoms with Gasteiger partial charge in [0, 0.05) is 38.5 Å². The maximum absolute atomic E-state index is 12.7. The van der Waals surface area contributed by atoms with E-state index < -0.39 is 0 Å². The average Bonchev–Trinajstić information content (AvgIpc) is 3.33. The van der Waals surface area contributed by atoms with Crippen LogP contribution in [0.3, 0.4) is 0 Å². The Labute approximate surface area is 178 Å². The lowest BCUT2D eigenvalue weighted by Gasteiger charge is -2.20. The van der Waals surface area contributed by atoms with Crippen molar-refractivity contribution in [2.24, 2.45) is 0 Å². The molecule has 0 unspecified atom stereocenters. The summed E-state index contributed by atoms with van der Waals surface area (Å²) in [5.74, 6) is 0.875. The summed E-state index contributed by atoms with van der Waals surface area (Å²) < 4.78 is 13.1. The lowest BCUT2D eigenvalue weighted by molar-refractivity contribution is 0.0741.